The molecule has 0 radical (unpaired) electrons. The summed E-state index contributed by atoms with van der Waals surface area (Å²) in [5.74, 6) is -0.186. The van der Waals surface area contributed by atoms with E-state index in [4.69, 9.17) is 23.8 Å². The van der Waals surface area contributed by atoms with Gasteiger partial charge in [0.25, 0.3) is 5.91 Å². The molecule has 0 atom stereocenters. The highest BCUT2D eigenvalue weighted by atomic mass is 35.5. The zero-order chi connectivity index (χ0) is 18.4. The average molecular weight is 383 g/mol. The minimum Gasteiger partial charge on any atom is -0.336 e. The first-order valence-electron chi connectivity index (χ1n) is 8.29. The molecule has 25 heavy (non-hydrogen) atoms. The van der Waals surface area contributed by atoms with E-state index in [2.05, 4.69) is 15.5 Å². The number of piperazine rings is 1. The second-order valence-corrected chi connectivity index (χ2v) is 6.86. The minimum atomic E-state index is -0.152. The molecule has 1 saturated heterocycles. The number of benzene rings is 1. The predicted molar refractivity (Wildman–Crippen MR) is 104 cm³/mol. The van der Waals surface area contributed by atoms with Gasteiger partial charge in [-0.15, -0.1) is 0 Å². The first-order chi connectivity index (χ1) is 11.9. The number of rotatable bonds is 4. The number of hydrogen-bond donors (Lipinski definition) is 2. The summed E-state index contributed by atoms with van der Waals surface area (Å²) < 4.78 is 0. The Hall–Kier alpha value is -1.70. The standard InChI is InChI=1S/C17H23ClN4O2S/c1-3-4-15(23)20-17(25)19-14-11-12(5-6-13(14)18)16(24)22-9-7-21(2)8-10-22/h5-6,11H,3-4,7-10H2,1-2H3,(H2,19,20,23,25). The van der Waals surface area contributed by atoms with Gasteiger partial charge < -0.3 is 20.4 Å². The third kappa shape index (κ3) is 5.66. The molecule has 2 amide bonds. The van der Waals surface area contributed by atoms with Gasteiger partial charge >= 0.3 is 0 Å². The molecule has 1 aromatic carbocycles. The van der Waals surface area contributed by atoms with Crippen LogP contribution >= 0.6 is 23.8 Å². The van der Waals surface area contributed by atoms with Crippen LogP contribution in [0.1, 0.15) is 30.1 Å². The number of carbonyl (C=O) groups is 2. The summed E-state index contributed by atoms with van der Waals surface area (Å²) in [6, 6.07) is 5.03. The van der Waals surface area contributed by atoms with Crippen LogP contribution in [-0.2, 0) is 4.79 Å². The summed E-state index contributed by atoms with van der Waals surface area (Å²) in [6.07, 6.45) is 1.14. The van der Waals surface area contributed by atoms with Crippen molar-refractivity contribution < 1.29 is 9.59 Å². The van der Waals surface area contributed by atoms with E-state index in [0.717, 1.165) is 19.5 Å². The number of amides is 2. The van der Waals surface area contributed by atoms with Crippen molar-refractivity contribution in [2.45, 2.75) is 19.8 Å². The maximum Gasteiger partial charge on any atom is 0.254 e. The van der Waals surface area contributed by atoms with E-state index in [1.807, 2.05) is 18.9 Å². The summed E-state index contributed by atoms with van der Waals surface area (Å²) in [4.78, 5) is 28.3. The van der Waals surface area contributed by atoms with Crippen LogP contribution in [0.2, 0.25) is 5.02 Å². The highest BCUT2D eigenvalue weighted by Gasteiger charge is 2.21. The van der Waals surface area contributed by atoms with Crippen molar-refractivity contribution in [2.75, 3.05) is 38.5 Å². The molecule has 0 bridgehead atoms. The smallest absolute Gasteiger partial charge is 0.254 e. The number of thiocarbonyl (C=S) groups is 1. The molecule has 2 N–H and O–H groups in total. The number of likely N-dealkylation sites (N-methyl/N-ethyl adjacent to an activating group) is 1. The number of anilines is 1. The van der Waals surface area contributed by atoms with Crippen LogP contribution in [0.5, 0.6) is 0 Å². The van der Waals surface area contributed by atoms with Gasteiger partial charge in [-0.1, -0.05) is 18.5 Å². The Kier molecular flexibility index (Phi) is 7.16. The Morgan fingerprint density at radius 2 is 1.92 bits per heavy atom. The monoisotopic (exact) mass is 382 g/mol. The van der Waals surface area contributed by atoms with Crippen molar-refractivity contribution in [1.29, 1.82) is 0 Å². The zero-order valence-electron chi connectivity index (χ0n) is 14.5. The molecule has 1 aromatic rings. The fraction of sp³-hybridized carbons (Fsp3) is 0.471. The van der Waals surface area contributed by atoms with Gasteiger partial charge in [-0.3, -0.25) is 9.59 Å². The maximum atomic E-state index is 12.7. The first kappa shape index (κ1) is 19.6. The van der Waals surface area contributed by atoms with Crippen molar-refractivity contribution in [3.63, 3.8) is 0 Å². The average Bonchev–Trinajstić information content (AvgIpc) is 2.57. The Morgan fingerprint density at radius 1 is 1.24 bits per heavy atom. The number of halogens is 1. The van der Waals surface area contributed by atoms with E-state index < -0.39 is 0 Å². The van der Waals surface area contributed by atoms with E-state index in [0.29, 0.717) is 35.8 Å². The Labute approximate surface area is 158 Å². The van der Waals surface area contributed by atoms with Gasteiger partial charge in [0, 0.05) is 38.2 Å². The highest BCUT2D eigenvalue weighted by molar-refractivity contribution is 7.80. The molecule has 8 heteroatoms. The van der Waals surface area contributed by atoms with Gasteiger partial charge in [0.2, 0.25) is 5.91 Å². The molecule has 2 rings (SSSR count). The van der Waals surface area contributed by atoms with Gasteiger partial charge in [0.15, 0.2) is 5.11 Å². The van der Waals surface area contributed by atoms with E-state index in [-0.39, 0.29) is 16.9 Å². The van der Waals surface area contributed by atoms with E-state index in [9.17, 15) is 9.59 Å². The van der Waals surface area contributed by atoms with Crippen LogP contribution in [-0.4, -0.2) is 60.0 Å². The van der Waals surface area contributed by atoms with E-state index in [1.54, 1.807) is 18.2 Å². The number of carbonyl (C=O) groups excluding carboxylic acids is 2. The largest absolute Gasteiger partial charge is 0.336 e. The molecular weight excluding hydrogens is 360 g/mol. The number of nitrogens with one attached hydrogen (secondary N) is 2. The second kappa shape index (κ2) is 9.12. The summed E-state index contributed by atoms with van der Waals surface area (Å²) in [6.45, 7) is 5.04. The van der Waals surface area contributed by atoms with Crippen molar-refractivity contribution in [2.24, 2.45) is 0 Å². The summed E-state index contributed by atoms with van der Waals surface area (Å²) in [5.41, 5.74) is 1.04. The van der Waals surface area contributed by atoms with Crippen molar-refractivity contribution in [3.8, 4) is 0 Å². The lowest BCUT2D eigenvalue weighted by atomic mass is 10.1. The van der Waals surface area contributed by atoms with Gasteiger partial charge in [0.05, 0.1) is 10.7 Å². The Balaban J connectivity index is 2.05. The lowest BCUT2D eigenvalue weighted by molar-refractivity contribution is -0.119. The van der Waals surface area contributed by atoms with Crippen LogP contribution in [0.4, 0.5) is 5.69 Å². The molecule has 0 unspecified atom stereocenters. The molecule has 0 aromatic heterocycles. The molecule has 1 aliphatic heterocycles. The van der Waals surface area contributed by atoms with Crippen LogP contribution in [0.25, 0.3) is 0 Å². The molecule has 0 aliphatic carbocycles. The van der Waals surface area contributed by atoms with E-state index >= 15 is 0 Å². The second-order valence-electron chi connectivity index (χ2n) is 6.04. The van der Waals surface area contributed by atoms with Crippen LogP contribution in [0.15, 0.2) is 18.2 Å². The summed E-state index contributed by atoms with van der Waals surface area (Å²) in [7, 11) is 2.04. The topological polar surface area (TPSA) is 64.7 Å². The Morgan fingerprint density at radius 3 is 2.56 bits per heavy atom. The van der Waals surface area contributed by atoms with Gasteiger partial charge in [-0.25, -0.2) is 0 Å². The van der Waals surface area contributed by atoms with Crippen LogP contribution in [0.3, 0.4) is 0 Å². The molecule has 1 heterocycles. The molecule has 0 saturated carbocycles. The van der Waals surface area contributed by atoms with E-state index in [1.165, 1.54) is 0 Å². The third-order valence-corrected chi connectivity index (χ3v) is 4.52. The quantitative estimate of drug-likeness (QED) is 0.782. The number of hydrogen-bond acceptors (Lipinski definition) is 4. The van der Waals surface area contributed by atoms with Crippen molar-refractivity contribution in [1.82, 2.24) is 15.1 Å². The summed E-state index contributed by atoms with van der Waals surface area (Å²) in [5, 5.41) is 6.09. The third-order valence-electron chi connectivity index (χ3n) is 3.98. The molecule has 1 aliphatic rings. The first-order valence-corrected chi connectivity index (χ1v) is 9.07. The van der Waals surface area contributed by atoms with Gasteiger partial charge in [0.1, 0.15) is 0 Å². The fourth-order valence-electron chi connectivity index (χ4n) is 2.52. The highest BCUT2D eigenvalue weighted by Crippen LogP contribution is 2.24. The predicted octanol–water partition coefficient (Wildman–Crippen LogP) is 2.34. The van der Waals surface area contributed by atoms with Crippen molar-refractivity contribution in [3.05, 3.63) is 28.8 Å². The van der Waals surface area contributed by atoms with Gasteiger partial charge in [-0.05, 0) is 43.9 Å². The van der Waals surface area contributed by atoms with Gasteiger partial charge in [-0.2, -0.15) is 0 Å². The lowest BCUT2D eigenvalue weighted by Gasteiger charge is -2.32. The maximum absolute atomic E-state index is 12.7. The van der Waals surface area contributed by atoms with Crippen LogP contribution < -0.4 is 10.6 Å². The number of nitrogens with zero attached hydrogens (tertiary/aromatic N) is 2. The molecule has 1 fully saturated rings. The SMILES string of the molecule is CCCC(=O)NC(=S)Nc1cc(C(=O)N2CCN(C)CC2)ccc1Cl. The summed E-state index contributed by atoms with van der Waals surface area (Å²) >= 11 is 11.3. The Bertz CT molecular complexity index is 660. The molecular formula is C17H23ClN4O2S. The van der Waals surface area contributed by atoms with Crippen molar-refractivity contribution >= 4 is 46.4 Å². The molecule has 6 nitrogen and oxygen atoms in total. The molecule has 136 valence electrons. The fourth-order valence-corrected chi connectivity index (χ4v) is 2.90. The normalized spacial score (nSPS) is 14.9. The molecule has 0 spiro atoms. The zero-order valence-corrected chi connectivity index (χ0v) is 16.0. The lowest BCUT2D eigenvalue weighted by Crippen LogP contribution is -2.47. The van der Waals surface area contributed by atoms with Crippen LogP contribution in [0, 0.1) is 0 Å². The minimum absolute atomic E-state index is 0.0336.